The number of anilines is 1. The predicted octanol–water partition coefficient (Wildman–Crippen LogP) is 4.57. The highest BCUT2D eigenvalue weighted by atomic mass is 16.1. The normalized spacial score (nSPS) is 10.8. The molecule has 2 heterocycles. The van der Waals surface area contributed by atoms with Gasteiger partial charge in [0, 0.05) is 29.1 Å². The van der Waals surface area contributed by atoms with Gasteiger partial charge in [-0.2, -0.15) is 5.10 Å². The number of rotatable bonds is 4. The number of hydrogen-bond donors (Lipinski definition) is 2. The van der Waals surface area contributed by atoms with Gasteiger partial charge in [-0.15, -0.1) is 0 Å². The van der Waals surface area contributed by atoms with Gasteiger partial charge in [-0.3, -0.25) is 14.9 Å². The number of nitrogen functional groups attached to an aromatic ring is 1. The Hall–Kier alpha value is -3.73. The van der Waals surface area contributed by atoms with Gasteiger partial charge in [-0.1, -0.05) is 48.0 Å². The topological polar surface area (TPSA) is 84.7 Å². The molecule has 4 aromatic rings. The molecule has 138 valence electrons. The van der Waals surface area contributed by atoms with Crippen LogP contribution in [-0.2, 0) is 0 Å². The summed E-state index contributed by atoms with van der Waals surface area (Å²) in [5.74, 6) is 0.110. The maximum atomic E-state index is 13.3. The number of pyridine rings is 1. The fourth-order valence-electron chi connectivity index (χ4n) is 3.38. The average molecular weight is 368 g/mol. The Morgan fingerprint density at radius 2 is 1.82 bits per heavy atom. The zero-order valence-corrected chi connectivity index (χ0v) is 15.7. The minimum Gasteiger partial charge on any atom is -0.383 e. The first-order chi connectivity index (χ1) is 13.5. The number of hydrogen-bond acceptors (Lipinski definition) is 4. The van der Waals surface area contributed by atoms with Crippen LogP contribution in [0.25, 0.3) is 22.4 Å². The summed E-state index contributed by atoms with van der Waals surface area (Å²) in [4.78, 5) is 17.5. The van der Waals surface area contributed by atoms with Crippen molar-refractivity contribution in [2.75, 3.05) is 5.73 Å². The van der Waals surface area contributed by atoms with Crippen LogP contribution in [0.2, 0.25) is 0 Å². The highest BCUT2D eigenvalue weighted by molar-refractivity contribution is 6.15. The van der Waals surface area contributed by atoms with E-state index in [2.05, 4.69) is 21.2 Å². The smallest absolute Gasteiger partial charge is 0.199 e. The van der Waals surface area contributed by atoms with Crippen molar-refractivity contribution < 1.29 is 4.79 Å². The lowest BCUT2D eigenvalue weighted by Crippen LogP contribution is -2.06. The molecule has 28 heavy (non-hydrogen) atoms. The summed E-state index contributed by atoms with van der Waals surface area (Å²) in [5, 5.41) is 7.09. The van der Waals surface area contributed by atoms with Gasteiger partial charge in [0.15, 0.2) is 5.78 Å². The highest BCUT2D eigenvalue weighted by Gasteiger charge is 2.22. The van der Waals surface area contributed by atoms with Gasteiger partial charge in [-0.05, 0) is 37.1 Å². The summed E-state index contributed by atoms with van der Waals surface area (Å²) in [6.45, 7) is 4.04. The zero-order chi connectivity index (χ0) is 19.7. The quantitative estimate of drug-likeness (QED) is 0.517. The van der Waals surface area contributed by atoms with Crippen molar-refractivity contribution in [3.05, 3.63) is 89.2 Å². The number of aryl methyl sites for hydroxylation is 2. The largest absolute Gasteiger partial charge is 0.383 e. The number of H-pyrrole nitrogens is 1. The second-order valence-electron chi connectivity index (χ2n) is 6.83. The molecule has 0 radical (unpaired) electrons. The number of aromatic amines is 1. The van der Waals surface area contributed by atoms with Crippen LogP contribution in [0.4, 0.5) is 5.82 Å². The van der Waals surface area contributed by atoms with Gasteiger partial charge in [0.1, 0.15) is 11.5 Å². The number of aromatic nitrogens is 3. The average Bonchev–Trinajstić information content (AvgIpc) is 3.09. The SMILES string of the molecule is Cc1ccc(-c2n[nH]c(N)c2C(=O)c2cccc(-c3cccnc3)c2)c(C)c1. The van der Waals surface area contributed by atoms with E-state index < -0.39 is 0 Å². The lowest BCUT2D eigenvalue weighted by molar-refractivity contribution is 0.104. The molecule has 2 aromatic carbocycles. The van der Waals surface area contributed by atoms with Crippen LogP contribution in [0.3, 0.4) is 0 Å². The molecule has 0 bridgehead atoms. The summed E-state index contributed by atoms with van der Waals surface area (Å²) < 4.78 is 0. The van der Waals surface area contributed by atoms with Crippen LogP contribution in [0, 0.1) is 13.8 Å². The van der Waals surface area contributed by atoms with E-state index in [-0.39, 0.29) is 11.6 Å². The van der Waals surface area contributed by atoms with E-state index in [4.69, 9.17) is 5.73 Å². The van der Waals surface area contributed by atoms with E-state index in [1.54, 1.807) is 18.5 Å². The van der Waals surface area contributed by atoms with Crippen molar-refractivity contribution in [1.29, 1.82) is 0 Å². The number of ketones is 1. The van der Waals surface area contributed by atoms with Crippen molar-refractivity contribution in [1.82, 2.24) is 15.2 Å². The number of benzene rings is 2. The van der Waals surface area contributed by atoms with E-state index in [1.165, 1.54) is 0 Å². The van der Waals surface area contributed by atoms with Crippen LogP contribution in [0.15, 0.2) is 67.0 Å². The minimum absolute atomic E-state index is 0.160. The van der Waals surface area contributed by atoms with E-state index in [0.717, 1.165) is 27.8 Å². The Labute approximate surface area is 163 Å². The molecule has 0 aliphatic carbocycles. The number of carbonyl (C=O) groups is 1. The molecular formula is C23H20N4O. The lowest BCUT2D eigenvalue weighted by atomic mass is 9.95. The molecule has 2 aromatic heterocycles. The minimum atomic E-state index is -0.160. The van der Waals surface area contributed by atoms with E-state index in [9.17, 15) is 4.79 Å². The van der Waals surface area contributed by atoms with Gasteiger partial charge < -0.3 is 5.73 Å². The van der Waals surface area contributed by atoms with Crippen LogP contribution in [0.1, 0.15) is 27.0 Å². The Morgan fingerprint density at radius 3 is 2.57 bits per heavy atom. The van der Waals surface area contributed by atoms with Gasteiger partial charge in [0.2, 0.25) is 0 Å². The Kier molecular flexibility index (Phi) is 4.49. The van der Waals surface area contributed by atoms with Crippen molar-refractivity contribution in [3.8, 4) is 22.4 Å². The molecule has 5 heteroatoms. The number of nitrogens with one attached hydrogen (secondary N) is 1. The lowest BCUT2D eigenvalue weighted by Gasteiger charge is -2.08. The summed E-state index contributed by atoms with van der Waals surface area (Å²) in [6.07, 6.45) is 3.50. The van der Waals surface area contributed by atoms with Crippen LogP contribution >= 0.6 is 0 Å². The number of carbonyl (C=O) groups excluding carboxylic acids is 1. The van der Waals surface area contributed by atoms with Gasteiger partial charge in [0.25, 0.3) is 0 Å². The fraction of sp³-hybridized carbons (Fsp3) is 0.0870. The van der Waals surface area contributed by atoms with Crippen LogP contribution < -0.4 is 5.73 Å². The monoisotopic (exact) mass is 368 g/mol. The number of nitrogens with two attached hydrogens (primary N) is 1. The molecule has 0 fully saturated rings. The van der Waals surface area contributed by atoms with Crippen LogP contribution in [-0.4, -0.2) is 21.0 Å². The second kappa shape index (κ2) is 7.12. The first-order valence-corrected chi connectivity index (χ1v) is 9.01. The molecule has 3 N–H and O–H groups in total. The van der Waals surface area contributed by atoms with E-state index in [0.29, 0.717) is 16.8 Å². The Balaban J connectivity index is 1.79. The first kappa shape index (κ1) is 17.7. The summed E-state index contributed by atoms with van der Waals surface area (Å²) >= 11 is 0. The maximum absolute atomic E-state index is 13.3. The van der Waals surface area contributed by atoms with Gasteiger partial charge >= 0.3 is 0 Å². The maximum Gasteiger partial charge on any atom is 0.199 e. The Bertz CT molecular complexity index is 1160. The molecule has 0 saturated heterocycles. The summed E-state index contributed by atoms with van der Waals surface area (Å²) in [7, 11) is 0. The van der Waals surface area contributed by atoms with E-state index >= 15 is 0 Å². The van der Waals surface area contributed by atoms with Crippen LogP contribution in [0.5, 0.6) is 0 Å². The van der Waals surface area contributed by atoms with Crippen molar-refractivity contribution in [2.45, 2.75) is 13.8 Å². The van der Waals surface area contributed by atoms with Gasteiger partial charge in [0.05, 0.1) is 5.56 Å². The number of nitrogens with zero attached hydrogens (tertiary/aromatic N) is 2. The van der Waals surface area contributed by atoms with Crippen molar-refractivity contribution >= 4 is 11.6 Å². The summed E-state index contributed by atoms with van der Waals surface area (Å²) in [6, 6.07) is 17.4. The molecule has 0 spiro atoms. The molecule has 0 aliphatic rings. The molecule has 4 rings (SSSR count). The Morgan fingerprint density at radius 1 is 1.00 bits per heavy atom. The third-order valence-electron chi connectivity index (χ3n) is 4.78. The molecular weight excluding hydrogens is 348 g/mol. The van der Waals surface area contributed by atoms with Crippen molar-refractivity contribution in [3.63, 3.8) is 0 Å². The fourth-order valence-corrected chi connectivity index (χ4v) is 3.38. The highest BCUT2D eigenvalue weighted by Crippen LogP contribution is 2.31. The standard InChI is InChI=1S/C23H20N4O/c1-14-8-9-19(15(2)11-14)21-20(23(24)27-26-21)22(28)17-6-3-5-16(12-17)18-7-4-10-25-13-18/h3-13H,1-2H3,(H3,24,26,27). The molecule has 0 aliphatic heterocycles. The zero-order valence-electron chi connectivity index (χ0n) is 15.7. The molecule has 5 nitrogen and oxygen atoms in total. The first-order valence-electron chi connectivity index (χ1n) is 9.01. The predicted molar refractivity (Wildman–Crippen MR) is 111 cm³/mol. The second-order valence-corrected chi connectivity index (χ2v) is 6.83. The molecule has 0 unspecified atom stereocenters. The third kappa shape index (κ3) is 3.18. The van der Waals surface area contributed by atoms with E-state index in [1.807, 2.05) is 56.3 Å². The summed E-state index contributed by atoms with van der Waals surface area (Å²) in [5.41, 5.74) is 12.6. The molecule has 0 saturated carbocycles. The van der Waals surface area contributed by atoms with Crippen molar-refractivity contribution in [2.24, 2.45) is 0 Å². The molecule has 0 amide bonds. The molecule has 0 atom stereocenters. The van der Waals surface area contributed by atoms with Gasteiger partial charge in [-0.25, -0.2) is 0 Å². The third-order valence-corrected chi connectivity index (χ3v) is 4.78.